The predicted octanol–water partition coefficient (Wildman–Crippen LogP) is 3.03. The molecule has 0 unspecified atom stereocenters. The quantitative estimate of drug-likeness (QED) is 0.731. The maximum atomic E-state index is 13.3. The third-order valence-corrected chi connectivity index (χ3v) is 5.85. The number of carbonyl (C=O) groups excluding carboxylic acids is 2. The van der Waals surface area contributed by atoms with Gasteiger partial charge in [0.25, 0.3) is 0 Å². The van der Waals surface area contributed by atoms with Crippen LogP contribution in [0.4, 0.5) is 5.82 Å². The normalized spacial score (nSPS) is 18.1. The first-order valence-electron chi connectivity index (χ1n) is 10.4. The van der Waals surface area contributed by atoms with Crippen LogP contribution in [0.15, 0.2) is 48.7 Å². The Bertz CT molecular complexity index is 863. The molecule has 0 bridgehead atoms. The topological polar surface area (TPSA) is 62.7 Å². The van der Waals surface area contributed by atoms with Crippen molar-refractivity contribution in [1.29, 1.82) is 0 Å². The fourth-order valence-electron chi connectivity index (χ4n) is 4.07. The molecule has 2 aliphatic rings. The number of benzene rings is 1. The fraction of sp³-hybridized carbons (Fsp3) is 0.435. The molecule has 1 aromatic heterocycles. The number of hydrogen-bond donors (Lipinski definition) is 0. The molecule has 2 aromatic rings. The first-order valence-corrected chi connectivity index (χ1v) is 10.4. The van der Waals surface area contributed by atoms with Crippen LogP contribution in [0.25, 0.3) is 0 Å². The smallest absolute Gasteiger partial charge is 0.339 e. The summed E-state index contributed by atoms with van der Waals surface area (Å²) in [6, 6.07) is 13.8. The van der Waals surface area contributed by atoms with Crippen molar-refractivity contribution in [3.05, 3.63) is 59.8 Å². The van der Waals surface area contributed by atoms with Gasteiger partial charge >= 0.3 is 5.97 Å². The van der Waals surface area contributed by atoms with E-state index < -0.39 is 0 Å². The summed E-state index contributed by atoms with van der Waals surface area (Å²) in [7, 11) is 0. The number of esters is 1. The first-order chi connectivity index (χ1) is 14.1. The summed E-state index contributed by atoms with van der Waals surface area (Å²) >= 11 is 0. The van der Waals surface area contributed by atoms with E-state index in [2.05, 4.69) is 22.0 Å². The molecule has 1 aliphatic carbocycles. The highest BCUT2D eigenvalue weighted by Crippen LogP contribution is 2.49. The van der Waals surface area contributed by atoms with Gasteiger partial charge in [-0.3, -0.25) is 4.79 Å². The Morgan fingerprint density at radius 2 is 1.83 bits per heavy atom. The highest BCUT2D eigenvalue weighted by atomic mass is 16.5. The maximum absolute atomic E-state index is 13.3. The summed E-state index contributed by atoms with van der Waals surface area (Å²) in [5.74, 6) is 0.738. The van der Waals surface area contributed by atoms with Gasteiger partial charge in [0.05, 0.1) is 17.6 Å². The van der Waals surface area contributed by atoms with Crippen molar-refractivity contribution >= 4 is 17.7 Å². The Balaban J connectivity index is 1.41. The molecule has 1 saturated heterocycles. The van der Waals surface area contributed by atoms with Crippen LogP contribution in [0, 0.1) is 0 Å². The molecular formula is C23H27N3O3. The highest BCUT2D eigenvalue weighted by Gasteiger charge is 2.52. The average Bonchev–Trinajstić information content (AvgIpc) is 3.59. The molecule has 29 heavy (non-hydrogen) atoms. The van der Waals surface area contributed by atoms with Gasteiger partial charge in [0.15, 0.2) is 0 Å². The van der Waals surface area contributed by atoms with Crippen molar-refractivity contribution in [1.82, 2.24) is 9.88 Å². The monoisotopic (exact) mass is 393 g/mol. The minimum Gasteiger partial charge on any atom is -0.462 e. The largest absolute Gasteiger partial charge is 0.462 e. The van der Waals surface area contributed by atoms with Gasteiger partial charge in [-0.25, -0.2) is 9.78 Å². The molecule has 2 heterocycles. The molecule has 6 heteroatoms. The number of anilines is 1. The number of carbonyl (C=O) groups is 2. The van der Waals surface area contributed by atoms with Crippen molar-refractivity contribution in [2.24, 2.45) is 0 Å². The summed E-state index contributed by atoms with van der Waals surface area (Å²) in [4.78, 5) is 33.8. The van der Waals surface area contributed by atoms with Crippen LogP contribution in [0.2, 0.25) is 0 Å². The van der Waals surface area contributed by atoms with Gasteiger partial charge in [-0.05, 0) is 43.9 Å². The summed E-state index contributed by atoms with van der Waals surface area (Å²) in [5.41, 5.74) is 1.29. The van der Waals surface area contributed by atoms with Crippen LogP contribution < -0.4 is 4.90 Å². The summed E-state index contributed by atoms with van der Waals surface area (Å²) in [6.07, 6.45) is 4.34. The van der Waals surface area contributed by atoms with Crippen LogP contribution in [-0.4, -0.2) is 54.5 Å². The van der Waals surface area contributed by atoms with Gasteiger partial charge < -0.3 is 14.5 Å². The van der Waals surface area contributed by atoms with Crippen molar-refractivity contribution < 1.29 is 14.3 Å². The Morgan fingerprint density at radius 3 is 2.48 bits per heavy atom. The van der Waals surface area contributed by atoms with Crippen LogP contribution in [0.5, 0.6) is 0 Å². The number of ether oxygens (including phenoxy) is 1. The molecule has 152 valence electrons. The standard InChI is InChI=1S/C23H27N3O3/c1-2-29-21(27)18-9-10-20(24-17-18)25-13-6-14-26(16-15-25)22(28)23(11-12-23)19-7-4-3-5-8-19/h3-5,7-10,17H,2,6,11-16H2,1H3. The van der Waals surface area contributed by atoms with E-state index in [1.807, 2.05) is 29.2 Å². The lowest BCUT2D eigenvalue weighted by Crippen LogP contribution is -2.41. The van der Waals surface area contributed by atoms with E-state index in [1.54, 1.807) is 19.2 Å². The number of amides is 1. The lowest BCUT2D eigenvalue weighted by atomic mass is 9.94. The molecule has 0 N–H and O–H groups in total. The molecule has 2 fully saturated rings. The lowest BCUT2D eigenvalue weighted by Gasteiger charge is -2.27. The summed E-state index contributed by atoms with van der Waals surface area (Å²) in [6.45, 7) is 5.17. The average molecular weight is 393 g/mol. The van der Waals surface area contributed by atoms with Crippen LogP contribution in [0.3, 0.4) is 0 Å². The third kappa shape index (κ3) is 3.97. The molecule has 1 saturated carbocycles. The van der Waals surface area contributed by atoms with E-state index in [9.17, 15) is 9.59 Å². The molecule has 1 aliphatic heterocycles. The van der Waals surface area contributed by atoms with Crippen molar-refractivity contribution in [3.63, 3.8) is 0 Å². The van der Waals surface area contributed by atoms with Gasteiger partial charge in [-0.15, -0.1) is 0 Å². The number of rotatable bonds is 5. The lowest BCUT2D eigenvalue weighted by molar-refractivity contribution is -0.133. The van der Waals surface area contributed by atoms with E-state index >= 15 is 0 Å². The number of hydrogen-bond acceptors (Lipinski definition) is 5. The third-order valence-electron chi connectivity index (χ3n) is 5.85. The molecule has 0 spiro atoms. The van der Waals surface area contributed by atoms with E-state index in [0.717, 1.165) is 50.3 Å². The van der Waals surface area contributed by atoms with E-state index in [0.29, 0.717) is 18.7 Å². The minimum atomic E-state index is -0.352. The van der Waals surface area contributed by atoms with Crippen molar-refractivity contribution in [3.8, 4) is 0 Å². The van der Waals surface area contributed by atoms with Crippen molar-refractivity contribution in [2.45, 2.75) is 31.6 Å². The Morgan fingerprint density at radius 1 is 1.03 bits per heavy atom. The van der Waals surface area contributed by atoms with Crippen LogP contribution in [0.1, 0.15) is 42.1 Å². The molecule has 1 amide bonds. The molecule has 4 rings (SSSR count). The second-order valence-corrected chi connectivity index (χ2v) is 7.71. The van der Waals surface area contributed by atoms with Gasteiger partial charge in [0.1, 0.15) is 5.82 Å². The summed E-state index contributed by atoms with van der Waals surface area (Å²) < 4.78 is 5.01. The number of nitrogens with zero attached hydrogens (tertiary/aromatic N) is 3. The van der Waals surface area contributed by atoms with E-state index in [1.165, 1.54) is 0 Å². The highest BCUT2D eigenvalue weighted by molar-refractivity contribution is 5.91. The molecule has 6 nitrogen and oxygen atoms in total. The van der Waals surface area contributed by atoms with Crippen molar-refractivity contribution in [2.75, 3.05) is 37.7 Å². The number of aromatic nitrogens is 1. The second-order valence-electron chi connectivity index (χ2n) is 7.71. The molecular weight excluding hydrogens is 366 g/mol. The molecule has 1 aromatic carbocycles. The van der Waals surface area contributed by atoms with Gasteiger partial charge in [0, 0.05) is 32.4 Å². The minimum absolute atomic E-state index is 0.260. The second kappa shape index (κ2) is 8.23. The van der Waals surface area contributed by atoms with Crippen LogP contribution in [-0.2, 0) is 14.9 Å². The fourth-order valence-corrected chi connectivity index (χ4v) is 4.07. The Hall–Kier alpha value is -2.89. The molecule has 0 radical (unpaired) electrons. The van der Waals surface area contributed by atoms with E-state index in [-0.39, 0.29) is 17.3 Å². The first kappa shape index (κ1) is 19.4. The zero-order chi connectivity index (χ0) is 20.3. The van der Waals surface area contributed by atoms with Gasteiger partial charge in [-0.2, -0.15) is 0 Å². The van der Waals surface area contributed by atoms with E-state index in [4.69, 9.17) is 4.74 Å². The molecule has 0 atom stereocenters. The summed E-state index contributed by atoms with van der Waals surface area (Å²) in [5, 5.41) is 0. The van der Waals surface area contributed by atoms with Crippen LogP contribution >= 0.6 is 0 Å². The number of pyridine rings is 1. The van der Waals surface area contributed by atoms with Gasteiger partial charge in [-0.1, -0.05) is 30.3 Å². The predicted molar refractivity (Wildman–Crippen MR) is 111 cm³/mol. The maximum Gasteiger partial charge on any atom is 0.339 e. The zero-order valence-electron chi connectivity index (χ0n) is 16.8. The zero-order valence-corrected chi connectivity index (χ0v) is 16.8. The Labute approximate surface area is 171 Å². The Kier molecular flexibility index (Phi) is 5.51. The van der Waals surface area contributed by atoms with Gasteiger partial charge in [0.2, 0.25) is 5.91 Å². The SMILES string of the molecule is CCOC(=O)c1ccc(N2CCCN(C(=O)C3(c4ccccc4)CC3)CC2)nc1.